The quantitative estimate of drug-likeness (QED) is 0.782. The summed E-state index contributed by atoms with van der Waals surface area (Å²) < 4.78 is 31.0. The third kappa shape index (κ3) is 3.55. The molecule has 21 heavy (non-hydrogen) atoms. The number of benzene rings is 1. The van der Waals surface area contributed by atoms with Crippen LogP contribution in [0.1, 0.15) is 0 Å². The number of esters is 1. The number of carbonyl (C=O) groups excluding carboxylic acids is 1. The molecule has 0 saturated heterocycles. The van der Waals surface area contributed by atoms with Crippen LogP contribution in [0.4, 0.5) is 5.69 Å². The maximum atomic E-state index is 12.6. The van der Waals surface area contributed by atoms with Crippen molar-refractivity contribution in [1.82, 2.24) is 0 Å². The summed E-state index contributed by atoms with van der Waals surface area (Å²) in [6, 6.07) is 9.40. The average molecular weight is 346 g/mol. The molecule has 0 aliphatic rings. The molecule has 0 bridgehead atoms. The fraction of sp³-hybridized carbons (Fsp3) is 0.154. The lowest BCUT2D eigenvalue weighted by molar-refractivity contribution is -0.138. The minimum Gasteiger partial charge on any atom is -0.468 e. The van der Waals surface area contributed by atoms with Crippen LogP contribution >= 0.6 is 22.9 Å². The van der Waals surface area contributed by atoms with Gasteiger partial charge in [-0.3, -0.25) is 9.10 Å². The van der Waals surface area contributed by atoms with Crippen molar-refractivity contribution in [3.05, 3.63) is 46.8 Å². The van der Waals surface area contributed by atoms with Crippen LogP contribution in [0, 0.1) is 0 Å². The number of carbonyl (C=O) groups is 1. The van der Waals surface area contributed by atoms with Gasteiger partial charge in [-0.2, -0.15) is 0 Å². The van der Waals surface area contributed by atoms with Gasteiger partial charge in [0.1, 0.15) is 10.8 Å². The highest BCUT2D eigenvalue weighted by atomic mass is 35.5. The van der Waals surface area contributed by atoms with Crippen LogP contribution in [0.15, 0.2) is 46.0 Å². The summed E-state index contributed by atoms with van der Waals surface area (Å²) in [4.78, 5) is 11.5. The maximum Gasteiger partial charge on any atom is 0.326 e. The number of methoxy groups -OCH3 is 1. The molecule has 0 aliphatic heterocycles. The van der Waals surface area contributed by atoms with Gasteiger partial charge in [0.25, 0.3) is 10.0 Å². The molecule has 1 aromatic carbocycles. The van der Waals surface area contributed by atoms with Gasteiger partial charge < -0.3 is 4.74 Å². The van der Waals surface area contributed by atoms with Crippen molar-refractivity contribution in [2.75, 3.05) is 18.0 Å². The van der Waals surface area contributed by atoms with Crippen molar-refractivity contribution in [3.63, 3.8) is 0 Å². The van der Waals surface area contributed by atoms with Crippen molar-refractivity contribution in [3.8, 4) is 0 Å². The highest BCUT2D eigenvalue weighted by molar-refractivity contribution is 7.94. The van der Waals surface area contributed by atoms with Gasteiger partial charge in [-0.1, -0.05) is 23.7 Å². The highest BCUT2D eigenvalue weighted by Gasteiger charge is 2.28. The van der Waals surface area contributed by atoms with Crippen molar-refractivity contribution < 1.29 is 17.9 Å². The normalized spacial score (nSPS) is 11.1. The predicted molar refractivity (Wildman–Crippen MR) is 82.3 cm³/mol. The summed E-state index contributed by atoms with van der Waals surface area (Å²) in [6.45, 7) is -0.420. The van der Waals surface area contributed by atoms with E-state index in [1.807, 2.05) is 0 Å². The van der Waals surface area contributed by atoms with E-state index in [2.05, 4.69) is 4.74 Å². The third-order valence-electron chi connectivity index (χ3n) is 2.64. The van der Waals surface area contributed by atoms with Crippen LogP contribution in [0.3, 0.4) is 0 Å². The maximum absolute atomic E-state index is 12.6. The Kier molecular flexibility index (Phi) is 4.87. The molecule has 0 atom stereocenters. The standard InChI is InChI=1S/C13H12ClNO4S2/c1-19-12(16)9-15(11-5-2-4-10(14)8-11)21(17,18)13-6-3-7-20-13/h2-8H,9H2,1H3. The number of halogens is 1. The smallest absolute Gasteiger partial charge is 0.326 e. The molecule has 0 spiro atoms. The van der Waals surface area contributed by atoms with Crippen LogP contribution in [-0.4, -0.2) is 28.0 Å². The number of thiophene rings is 1. The molecule has 0 N–H and O–H groups in total. The van der Waals surface area contributed by atoms with Gasteiger partial charge in [0.2, 0.25) is 0 Å². The fourth-order valence-corrected chi connectivity index (χ4v) is 4.34. The lowest BCUT2D eigenvalue weighted by Gasteiger charge is -2.22. The van der Waals surface area contributed by atoms with Gasteiger partial charge in [-0.15, -0.1) is 11.3 Å². The molecule has 112 valence electrons. The van der Waals surface area contributed by atoms with Crippen molar-refractivity contribution >= 4 is 44.6 Å². The lowest BCUT2D eigenvalue weighted by atomic mass is 10.3. The minimum absolute atomic E-state index is 0.145. The molecule has 1 heterocycles. The van der Waals surface area contributed by atoms with Crippen LogP contribution in [-0.2, 0) is 19.6 Å². The van der Waals surface area contributed by atoms with Crippen LogP contribution < -0.4 is 4.31 Å². The van der Waals surface area contributed by atoms with Gasteiger partial charge >= 0.3 is 5.97 Å². The molecule has 0 amide bonds. The lowest BCUT2D eigenvalue weighted by Crippen LogP contribution is -2.35. The van der Waals surface area contributed by atoms with E-state index in [4.69, 9.17) is 11.6 Å². The Hall–Kier alpha value is -1.57. The Morgan fingerprint density at radius 2 is 2.10 bits per heavy atom. The van der Waals surface area contributed by atoms with E-state index in [0.29, 0.717) is 10.7 Å². The second kappa shape index (κ2) is 6.46. The molecule has 8 heteroatoms. The van der Waals surface area contributed by atoms with Crippen LogP contribution in [0.25, 0.3) is 0 Å². The molecule has 2 aromatic rings. The molecule has 0 unspecified atom stereocenters. The van der Waals surface area contributed by atoms with E-state index in [0.717, 1.165) is 15.6 Å². The Morgan fingerprint density at radius 3 is 2.67 bits per heavy atom. The van der Waals surface area contributed by atoms with Gasteiger partial charge in [0, 0.05) is 5.02 Å². The van der Waals surface area contributed by atoms with Gasteiger partial charge in [0.15, 0.2) is 0 Å². The number of ether oxygens (including phenoxy) is 1. The van der Waals surface area contributed by atoms with Crippen LogP contribution in [0.5, 0.6) is 0 Å². The van der Waals surface area contributed by atoms with E-state index < -0.39 is 22.5 Å². The van der Waals surface area contributed by atoms with Crippen molar-refractivity contribution in [2.45, 2.75) is 4.21 Å². The van der Waals surface area contributed by atoms with Gasteiger partial charge in [-0.05, 0) is 29.6 Å². The minimum atomic E-state index is -3.84. The first-order valence-corrected chi connectivity index (χ1v) is 8.53. The summed E-state index contributed by atoms with van der Waals surface area (Å²) in [5, 5.41) is 2.03. The molecule has 1 aromatic heterocycles. The van der Waals surface area contributed by atoms with Gasteiger partial charge in [-0.25, -0.2) is 8.42 Å². The largest absolute Gasteiger partial charge is 0.468 e. The Labute approximate surface area is 131 Å². The summed E-state index contributed by atoms with van der Waals surface area (Å²) in [5.41, 5.74) is 0.307. The second-order valence-electron chi connectivity index (χ2n) is 4.00. The molecule has 0 saturated carbocycles. The highest BCUT2D eigenvalue weighted by Crippen LogP contribution is 2.28. The Bertz CT molecular complexity index is 728. The van der Waals surface area contributed by atoms with Crippen LogP contribution in [0.2, 0.25) is 5.02 Å². The predicted octanol–water partition coefficient (Wildman–Crippen LogP) is 2.77. The summed E-state index contributed by atoms with van der Waals surface area (Å²) in [6.07, 6.45) is 0. The first-order valence-electron chi connectivity index (χ1n) is 5.84. The molecule has 2 rings (SSSR count). The molecular formula is C13H12ClNO4S2. The van der Waals surface area contributed by atoms with E-state index in [1.54, 1.807) is 29.6 Å². The summed E-state index contributed by atoms with van der Waals surface area (Å²) >= 11 is 6.98. The van der Waals surface area contributed by atoms with Gasteiger partial charge in [0.05, 0.1) is 12.8 Å². The SMILES string of the molecule is COC(=O)CN(c1cccc(Cl)c1)S(=O)(=O)c1cccs1. The fourth-order valence-electron chi connectivity index (χ4n) is 1.65. The molecular weight excluding hydrogens is 334 g/mol. The monoisotopic (exact) mass is 345 g/mol. The number of hydrogen-bond acceptors (Lipinski definition) is 5. The number of hydrogen-bond donors (Lipinski definition) is 0. The first kappa shape index (κ1) is 15.8. The molecule has 0 radical (unpaired) electrons. The topological polar surface area (TPSA) is 63.7 Å². The zero-order valence-electron chi connectivity index (χ0n) is 11.0. The summed E-state index contributed by atoms with van der Waals surface area (Å²) in [7, 11) is -2.64. The molecule has 0 fully saturated rings. The van der Waals surface area contributed by atoms with Crippen molar-refractivity contribution in [2.24, 2.45) is 0 Å². The number of nitrogens with zero attached hydrogens (tertiary/aromatic N) is 1. The van der Waals surface area contributed by atoms with E-state index >= 15 is 0 Å². The number of rotatable bonds is 5. The Balaban J connectivity index is 2.49. The number of sulfonamides is 1. The number of anilines is 1. The Morgan fingerprint density at radius 1 is 1.33 bits per heavy atom. The van der Waals surface area contributed by atoms with E-state index in [-0.39, 0.29) is 4.21 Å². The first-order chi connectivity index (χ1) is 9.95. The average Bonchev–Trinajstić information content (AvgIpc) is 2.99. The van der Waals surface area contributed by atoms with E-state index in [9.17, 15) is 13.2 Å². The van der Waals surface area contributed by atoms with E-state index in [1.165, 1.54) is 19.2 Å². The third-order valence-corrected chi connectivity index (χ3v) is 6.02. The molecule has 0 aliphatic carbocycles. The molecule has 5 nitrogen and oxygen atoms in total. The second-order valence-corrected chi connectivity index (χ2v) is 7.47. The zero-order chi connectivity index (χ0) is 15.5. The van der Waals surface area contributed by atoms with Crippen molar-refractivity contribution in [1.29, 1.82) is 0 Å². The zero-order valence-corrected chi connectivity index (χ0v) is 13.4. The summed E-state index contributed by atoms with van der Waals surface area (Å²) in [5.74, 6) is -0.657.